The second-order valence-electron chi connectivity index (χ2n) is 4.33. The SMILES string of the molecule is [N-]=[N+]=NC1[C@@H](O)[C@@H](O)C(CO)O[C@H]1Sc1ccccc1. The number of azide groups is 1. The maximum atomic E-state index is 10.00. The van der Waals surface area contributed by atoms with E-state index in [0.29, 0.717) is 0 Å². The summed E-state index contributed by atoms with van der Waals surface area (Å²) in [5.74, 6) is 0. The van der Waals surface area contributed by atoms with Gasteiger partial charge in [0.1, 0.15) is 23.7 Å². The highest BCUT2D eigenvalue weighted by atomic mass is 32.2. The number of hydrogen-bond acceptors (Lipinski definition) is 6. The summed E-state index contributed by atoms with van der Waals surface area (Å²) >= 11 is 1.27. The Kier molecular flexibility index (Phi) is 5.24. The van der Waals surface area contributed by atoms with Gasteiger partial charge in [0.2, 0.25) is 0 Å². The molecule has 7 nitrogen and oxygen atoms in total. The number of thioether (sulfide) groups is 1. The van der Waals surface area contributed by atoms with Crippen molar-refractivity contribution in [2.24, 2.45) is 5.11 Å². The Morgan fingerprint density at radius 1 is 1.25 bits per heavy atom. The highest BCUT2D eigenvalue weighted by molar-refractivity contribution is 7.99. The van der Waals surface area contributed by atoms with Crippen LogP contribution in [-0.4, -0.2) is 51.7 Å². The third-order valence-electron chi connectivity index (χ3n) is 3.03. The number of nitrogens with zero attached hydrogens (tertiary/aromatic N) is 3. The van der Waals surface area contributed by atoms with Gasteiger partial charge in [0, 0.05) is 9.81 Å². The molecule has 0 bridgehead atoms. The first-order valence-corrected chi connectivity index (χ1v) is 6.93. The van der Waals surface area contributed by atoms with Crippen LogP contribution in [0.3, 0.4) is 0 Å². The van der Waals surface area contributed by atoms with E-state index in [1.165, 1.54) is 11.8 Å². The van der Waals surface area contributed by atoms with E-state index < -0.39 is 36.4 Å². The van der Waals surface area contributed by atoms with Crippen molar-refractivity contribution in [1.82, 2.24) is 0 Å². The third kappa shape index (κ3) is 3.24. The third-order valence-corrected chi connectivity index (χ3v) is 4.20. The summed E-state index contributed by atoms with van der Waals surface area (Å²) in [7, 11) is 0. The first kappa shape index (κ1) is 15.1. The van der Waals surface area contributed by atoms with E-state index in [0.717, 1.165) is 4.90 Å². The fourth-order valence-electron chi connectivity index (χ4n) is 1.98. The molecule has 1 aromatic carbocycles. The molecule has 5 atom stereocenters. The molecule has 108 valence electrons. The van der Waals surface area contributed by atoms with Gasteiger partial charge in [-0.25, -0.2) is 0 Å². The van der Waals surface area contributed by atoms with E-state index in [9.17, 15) is 15.3 Å². The molecule has 0 aliphatic carbocycles. The Morgan fingerprint density at radius 2 is 1.95 bits per heavy atom. The molecular weight excluding hydrogens is 282 g/mol. The first-order chi connectivity index (χ1) is 9.67. The summed E-state index contributed by atoms with van der Waals surface area (Å²) in [6.07, 6.45) is -3.47. The predicted octanol–water partition coefficient (Wildman–Crippen LogP) is 0.897. The molecule has 8 heteroatoms. The van der Waals surface area contributed by atoms with Crippen molar-refractivity contribution in [3.05, 3.63) is 40.8 Å². The number of hydrogen-bond donors (Lipinski definition) is 3. The summed E-state index contributed by atoms with van der Waals surface area (Å²) in [5.41, 5.74) is 7.90. The Labute approximate surface area is 119 Å². The Balaban J connectivity index is 2.20. The van der Waals surface area contributed by atoms with Crippen LogP contribution in [0.1, 0.15) is 0 Å². The molecule has 1 saturated heterocycles. The maximum absolute atomic E-state index is 10.00. The topological polar surface area (TPSA) is 119 Å². The van der Waals surface area contributed by atoms with E-state index in [-0.39, 0.29) is 0 Å². The molecule has 3 N–H and O–H groups in total. The minimum Gasteiger partial charge on any atom is -0.394 e. The van der Waals surface area contributed by atoms with E-state index in [2.05, 4.69) is 10.0 Å². The molecule has 2 rings (SSSR count). The fourth-order valence-corrected chi connectivity index (χ4v) is 3.12. The van der Waals surface area contributed by atoms with Crippen LogP contribution in [0.15, 0.2) is 40.3 Å². The van der Waals surface area contributed by atoms with Crippen LogP contribution in [0, 0.1) is 0 Å². The van der Waals surface area contributed by atoms with Crippen LogP contribution < -0.4 is 0 Å². The van der Waals surface area contributed by atoms with Gasteiger partial charge >= 0.3 is 0 Å². The van der Waals surface area contributed by atoms with Crippen LogP contribution in [0.25, 0.3) is 10.4 Å². The molecule has 1 heterocycles. The Morgan fingerprint density at radius 3 is 2.55 bits per heavy atom. The average molecular weight is 297 g/mol. The summed E-state index contributed by atoms with van der Waals surface area (Å²) in [5, 5.41) is 32.5. The van der Waals surface area contributed by atoms with Gasteiger partial charge in [-0.15, -0.1) is 0 Å². The lowest BCUT2D eigenvalue weighted by atomic mass is 9.99. The smallest absolute Gasteiger partial charge is 0.119 e. The minimum absolute atomic E-state index is 0.424. The lowest BCUT2D eigenvalue weighted by Gasteiger charge is -2.40. The lowest BCUT2D eigenvalue weighted by Crippen LogP contribution is -2.56. The van der Waals surface area contributed by atoms with Gasteiger partial charge in [0.05, 0.1) is 12.7 Å². The standard InChI is InChI=1S/C12H15N3O4S/c13-15-14-9-11(18)10(17)8(6-16)19-12(9)20-7-4-2-1-3-5-7/h1-5,8-12,16-18H,6H2/t8?,9?,10-,11+,12-/m0/s1. The van der Waals surface area contributed by atoms with Crippen LogP contribution in [0.4, 0.5) is 0 Å². The number of ether oxygens (including phenoxy) is 1. The lowest BCUT2D eigenvalue weighted by molar-refractivity contribution is -0.165. The van der Waals surface area contributed by atoms with Crippen molar-refractivity contribution in [2.75, 3.05) is 6.61 Å². The monoisotopic (exact) mass is 297 g/mol. The van der Waals surface area contributed by atoms with E-state index in [4.69, 9.17) is 10.3 Å². The molecular formula is C12H15N3O4S. The van der Waals surface area contributed by atoms with Crippen molar-refractivity contribution in [1.29, 1.82) is 0 Å². The zero-order valence-corrected chi connectivity index (χ0v) is 11.3. The highest BCUT2D eigenvalue weighted by Gasteiger charge is 2.44. The van der Waals surface area contributed by atoms with Crippen molar-refractivity contribution in [3.8, 4) is 0 Å². The van der Waals surface area contributed by atoms with Crippen LogP contribution in [-0.2, 0) is 4.74 Å². The zero-order chi connectivity index (χ0) is 14.5. The van der Waals surface area contributed by atoms with Gasteiger partial charge in [0.15, 0.2) is 0 Å². The largest absolute Gasteiger partial charge is 0.394 e. The van der Waals surface area contributed by atoms with Crippen molar-refractivity contribution in [3.63, 3.8) is 0 Å². The van der Waals surface area contributed by atoms with Crippen molar-refractivity contribution >= 4 is 11.8 Å². The van der Waals surface area contributed by atoms with Gasteiger partial charge in [-0.3, -0.25) is 0 Å². The molecule has 1 aliphatic heterocycles. The number of aliphatic hydroxyl groups excluding tert-OH is 3. The number of aliphatic hydroxyl groups is 3. The van der Waals surface area contributed by atoms with E-state index in [1.807, 2.05) is 30.3 Å². The minimum atomic E-state index is -1.29. The molecule has 1 aromatic rings. The maximum Gasteiger partial charge on any atom is 0.119 e. The second-order valence-corrected chi connectivity index (χ2v) is 5.50. The van der Waals surface area contributed by atoms with Gasteiger partial charge in [0.25, 0.3) is 0 Å². The normalized spacial score (nSPS) is 33.5. The fraction of sp³-hybridized carbons (Fsp3) is 0.500. The number of rotatable bonds is 4. The first-order valence-electron chi connectivity index (χ1n) is 6.05. The van der Waals surface area contributed by atoms with Crippen molar-refractivity contribution in [2.45, 2.75) is 34.7 Å². The second kappa shape index (κ2) is 6.94. The highest BCUT2D eigenvalue weighted by Crippen LogP contribution is 2.34. The van der Waals surface area contributed by atoms with Crippen LogP contribution in [0.2, 0.25) is 0 Å². The molecule has 1 aliphatic rings. The predicted molar refractivity (Wildman–Crippen MR) is 73.0 cm³/mol. The quantitative estimate of drug-likeness (QED) is 0.433. The molecule has 0 aromatic heterocycles. The van der Waals surface area contributed by atoms with Crippen LogP contribution >= 0.6 is 11.8 Å². The van der Waals surface area contributed by atoms with E-state index >= 15 is 0 Å². The Hall–Kier alpha value is -1.28. The summed E-state index contributed by atoms with van der Waals surface area (Å²) in [6, 6.07) is 8.35. The summed E-state index contributed by atoms with van der Waals surface area (Å²) < 4.78 is 5.53. The molecule has 0 amide bonds. The molecule has 2 unspecified atom stereocenters. The molecule has 1 fully saturated rings. The number of benzene rings is 1. The van der Waals surface area contributed by atoms with Gasteiger partial charge in [-0.1, -0.05) is 35.1 Å². The van der Waals surface area contributed by atoms with Crippen LogP contribution in [0.5, 0.6) is 0 Å². The summed E-state index contributed by atoms with van der Waals surface area (Å²) in [4.78, 5) is 3.56. The molecule has 0 spiro atoms. The Bertz CT molecular complexity index is 483. The zero-order valence-electron chi connectivity index (χ0n) is 10.5. The van der Waals surface area contributed by atoms with Gasteiger partial charge < -0.3 is 20.1 Å². The van der Waals surface area contributed by atoms with Crippen molar-refractivity contribution < 1.29 is 20.1 Å². The van der Waals surface area contributed by atoms with E-state index in [1.54, 1.807) is 0 Å². The molecule has 0 saturated carbocycles. The average Bonchev–Trinajstić information content (AvgIpc) is 2.47. The van der Waals surface area contributed by atoms with Gasteiger partial charge in [-0.05, 0) is 17.7 Å². The summed E-state index contributed by atoms with van der Waals surface area (Å²) in [6.45, 7) is -0.424. The van der Waals surface area contributed by atoms with Gasteiger partial charge in [-0.2, -0.15) is 0 Å². The molecule has 20 heavy (non-hydrogen) atoms. The molecule has 0 radical (unpaired) electrons.